The van der Waals surface area contributed by atoms with Crippen molar-refractivity contribution in [3.63, 3.8) is 0 Å². The minimum absolute atomic E-state index is 0.605. The molecule has 5 nitrogen and oxygen atoms in total. The molecule has 3 rings (SSSR count). The smallest absolute Gasteiger partial charge is 0.262 e. The summed E-state index contributed by atoms with van der Waals surface area (Å²) in [6, 6.07) is 0. The fourth-order valence-electron chi connectivity index (χ4n) is 1.63. The molecule has 0 aromatic carbocycles. The number of carbonyl (C=O) groups is 1. The Morgan fingerprint density at radius 3 is 2.50 bits per heavy atom. The third-order valence-corrected chi connectivity index (χ3v) is 2.67. The Balaban J connectivity index is 0.000000267. The molecule has 2 aromatic rings. The Bertz CT molecular complexity index is 549. The van der Waals surface area contributed by atoms with Crippen LogP contribution in [0.15, 0.2) is 6.20 Å². The van der Waals surface area contributed by atoms with Gasteiger partial charge in [-0.3, -0.25) is 9.78 Å². The highest BCUT2D eigenvalue weighted by Gasteiger charge is 2.28. The van der Waals surface area contributed by atoms with Crippen LogP contribution >= 0.6 is 23.2 Å². The van der Waals surface area contributed by atoms with Gasteiger partial charge in [-0.1, -0.05) is 0 Å². The lowest BCUT2D eigenvalue weighted by Crippen LogP contribution is -1.97. The minimum Gasteiger partial charge on any atom is -0.262 e. The van der Waals surface area contributed by atoms with Gasteiger partial charge in [0.15, 0.2) is 11.5 Å². The number of nitrogens with zero attached hydrogens (tertiary/aromatic N) is 4. The first-order valence-electron chi connectivity index (χ1n) is 5.53. The molecule has 1 aliphatic carbocycles. The molecule has 0 atom stereocenters. The van der Waals surface area contributed by atoms with E-state index in [4.69, 9.17) is 4.79 Å². The molecule has 0 radical (unpaired) electrons. The lowest BCUT2D eigenvalue weighted by molar-refractivity contribution is 0.275. The molecule has 0 amide bonds. The second kappa shape index (κ2) is 5.20. The number of fused-ring (bicyclic) bond motifs is 1. The zero-order chi connectivity index (χ0) is 13.3. The number of hydrogen-bond donors (Lipinski definition) is 0. The number of halogens is 2. The number of carbonyl (C=O) groups excluding carboxylic acids is 1. The van der Waals surface area contributed by atoms with Gasteiger partial charge in [0.25, 0.3) is 0 Å². The summed E-state index contributed by atoms with van der Waals surface area (Å²) < 4.78 is 1.01. The van der Waals surface area contributed by atoms with E-state index in [0.29, 0.717) is 5.92 Å². The molecule has 96 valence electrons. The van der Waals surface area contributed by atoms with Crippen LogP contribution in [-0.2, 0) is 0 Å². The number of rotatable bonds is 1. The third kappa shape index (κ3) is 2.97. The molecule has 18 heavy (non-hydrogen) atoms. The van der Waals surface area contributed by atoms with Crippen molar-refractivity contribution < 1.29 is 4.79 Å². The van der Waals surface area contributed by atoms with Crippen molar-refractivity contribution in [1.29, 1.82) is 0 Å². The number of aromatic nitrogens is 4. The summed E-state index contributed by atoms with van der Waals surface area (Å²) in [4.78, 5) is 17.8. The predicted molar refractivity (Wildman–Crippen MR) is 69.3 cm³/mol. The third-order valence-electron chi connectivity index (χ3n) is 2.67. The summed E-state index contributed by atoms with van der Waals surface area (Å²) in [7, 11) is 0. The summed E-state index contributed by atoms with van der Waals surface area (Å²) >= 11 is 8.80. The van der Waals surface area contributed by atoms with Crippen LogP contribution in [0.2, 0.25) is 0 Å². The van der Waals surface area contributed by atoms with Crippen LogP contribution in [0, 0.1) is 13.8 Å². The van der Waals surface area contributed by atoms with E-state index in [9.17, 15) is 0 Å². The molecule has 0 bridgehead atoms. The van der Waals surface area contributed by atoms with Crippen molar-refractivity contribution >= 4 is 33.6 Å². The normalized spacial score (nSPS) is 14.2. The van der Waals surface area contributed by atoms with Crippen molar-refractivity contribution in [3.8, 4) is 0 Å². The topological polar surface area (TPSA) is 60.1 Å². The molecule has 1 saturated carbocycles. The maximum atomic E-state index is 8.98. The first kappa shape index (κ1) is 13.2. The van der Waals surface area contributed by atoms with Gasteiger partial charge in [-0.15, -0.1) is 0 Å². The highest BCUT2D eigenvalue weighted by Crippen LogP contribution is 2.38. The van der Waals surface area contributed by atoms with E-state index in [0.717, 1.165) is 22.9 Å². The lowest BCUT2D eigenvalue weighted by Gasteiger charge is -1.97. The Kier molecular flexibility index (Phi) is 3.82. The Morgan fingerprint density at radius 1 is 1.39 bits per heavy atom. The standard InChI is InChI=1S/C10H12N4.CCl2O/c1-6-5-11-7(2)10-12-9(8-3-4-8)13-14(6)10;2-1(3)4/h5,8H,3-4H2,1-2H3;. The van der Waals surface area contributed by atoms with Crippen molar-refractivity contribution in [2.75, 3.05) is 0 Å². The van der Waals surface area contributed by atoms with Crippen molar-refractivity contribution in [2.45, 2.75) is 32.6 Å². The molecule has 0 spiro atoms. The Morgan fingerprint density at radius 2 is 2.00 bits per heavy atom. The zero-order valence-corrected chi connectivity index (χ0v) is 11.5. The highest BCUT2D eigenvalue weighted by molar-refractivity contribution is 6.93. The fraction of sp³-hybridized carbons (Fsp3) is 0.455. The summed E-state index contributed by atoms with van der Waals surface area (Å²) in [5, 5.41) is 4.50. The van der Waals surface area contributed by atoms with Crippen molar-refractivity contribution in [1.82, 2.24) is 19.6 Å². The second-order valence-electron chi connectivity index (χ2n) is 4.19. The van der Waals surface area contributed by atoms with Gasteiger partial charge in [0, 0.05) is 12.1 Å². The van der Waals surface area contributed by atoms with Gasteiger partial charge < -0.3 is 0 Å². The predicted octanol–water partition coefficient (Wildman–Crippen LogP) is 3.20. The van der Waals surface area contributed by atoms with E-state index in [-0.39, 0.29) is 0 Å². The molecular weight excluding hydrogens is 275 g/mol. The quantitative estimate of drug-likeness (QED) is 0.756. The van der Waals surface area contributed by atoms with E-state index in [2.05, 4.69) is 38.3 Å². The van der Waals surface area contributed by atoms with Crippen molar-refractivity contribution in [2.24, 2.45) is 0 Å². The van der Waals surface area contributed by atoms with Gasteiger partial charge in [-0.25, -0.2) is 9.50 Å². The maximum Gasteiger partial charge on any atom is 0.313 e. The molecular formula is C11H12Cl2N4O. The second-order valence-corrected chi connectivity index (χ2v) is 5.07. The van der Waals surface area contributed by atoms with Crippen LogP contribution in [0.4, 0.5) is 4.79 Å². The highest BCUT2D eigenvalue weighted by atomic mass is 35.5. The molecule has 2 aromatic heterocycles. The Labute approximate surface area is 114 Å². The van der Waals surface area contributed by atoms with Gasteiger partial charge in [0.2, 0.25) is 0 Å². The molecule has 0 aliphatic heterocycles. The van der Waals surface area contributed by atoms with Crippen LogP contribution < -0.4 is 0 Å². The lowest BCUT2D eigenvalue weighted by atomic mass is 10.4. The summed E-state index contributed by atoms with van der Waals surface area (Å²) in [6.45, 7) is 3.98. The van der Waals surface area contributed by atoms with Gasteiger partial charge >= 0.3 is 4.70 Å². The first-order chi connectivity index (χ1) is 8.49. The van der Waals surface area contributed by atoms with Crippen LogP contribution in [-0.4, -0.2) is 24.3 Å². The van der Waals surface area contributed by atoms with Gasteiger partial charge in [0.1, 0.15) is 0 Å². The van der Waals surface area contributed by atoms with Gasteiger partial charge in [0.05, 0.1) is 11.4 Å². The summed E-state index contributed by atoms with van der Waals surface area (Å²) in [6.07, 6.45) is 4.32. The first-order valence-corrected chi connectivity index (χ1v) is 6.28. The summed E-state index contributed by atoms with van der Waals surface area (Å²) in [5.41, 5.74) is 2.91. The van der Waals surface area contributed by atoms with Gasteiger partial charge in [-0.2, -0.15) is 5.10 Å². The molecule has 2 heterocycles. The maximum absolute atomic E-state index is 8.98. The molecule has 1 fully saturated rings. The molecule has 0 N–H and O–H groups in total. The Hall–Kier alpha value is -1.20. The van der Waals surface area contributed by atoms with Crippen LogP contribution in [0.1, 0.15) is 36.0 Å². The van der Waals surface area contributed by atoms with Crippen molar-refractivity contribution in [3.05, 3.63) is 23.4 Å². The van der Waals surface area contributed by atoms with Gasteiger partial charge in [-0.05, 0) is 49.9 Å². The molecule has 1 aliphatic rings. The molecule has 0 saturated heterocycles. The van der Waals surface area contributed by atoms with E-state index in [1.54, 1.807) is 0 Å². The molecule has 7 heteroatoms. The van der Waals surface area contributed by atoms with E-state index in [1.165, 1.54) is 12.8 Å². The average Bonchev–Trinajstić information content (AvgIpc) is 3.02. The number of hydrogen-bond acceptors (Lipinski definition) is 4. The number of aryl methyl sites for hydroxylation is 2. The molecule has 0 unspecified atom stereocenters. The van der Waals surface area contributed by atoms with E-state index < -0.39 is 4.70 Å². The van der Waals surface area contributed by atoms with Crippen LogP contribution in [0.3, 0.4) is 0 Å². The van der Waals surface area contributed by atoms with E-state index >= 15 is 0 Å². The zero-order valence-electron chi connectivity index (χ0n) is 10.0. The van der Waals surface area contributed by atoms with Crippen LogP contribution in [0.25, 0.3) is 5.65 Å². The minimum atomic E-state index is -0.889. The fourth-order valence-corrected chi connectivity index (χ4v) is 1.63. The monoisotopic (exact) mass is 286 g/mol. The average molecular weight is 287 g/mol. The van der Waals surface area contributed by atoms with E-state index in [1.807, 2.05) is 24.6 Å². The SMILES string of the molecule is Cc1ncc(C)n2nc(C3CC3)nc12.O=C(Cl)Cl. The summed E-state index contributed by atoms with van der Waals surface area (Å²) in [5.74, 6) is 1.60. The van der Waals surface area contributed by atoms with Crippen LogP contribution in [0.5, 0.6) is 0 Å². The largest absolute Gasteiger partial charge is 0.313 e.